The van der Waals surface area contributed by atoms with E-state index in [0.717, 1.165) is 29.5 Å². The standard InChI is InChI=1S/C14H9F2NO4S/c15-8-3-1-4-9(16)12(8)14(20)21-7-11(18)17-13(19)10-5-2-6-22-10/h1-6H,7H2,(H,17,18,19). The van der Waals surface area contributed by atoms with Crippen molar-refractivity contribution in [1.82, 2.24) is 5.32 Å². The molecule has 0 atom stereocenters. The van der Waals surface area contributed by atoms with Gasteiger partial charge in [0.2, 0.25) is 0 Å². The summed E-state index contributed by atoms with van der Waals surface area (Å²) >= 11 is 1.13. The van der Waals surface area contributed by atoms with Crippen LogP contribution in [0.4, 0.5) is 8.78 Å². The highest BCUT2D eigenvalue weighted by atomic mass is 32.1. The number of esters is 1. The van der Waals surface area contributed by atoms with Gasteiger partial charge in [-0.3, -0.25) is 14.9 Å². The van der Waals surface area contributed by atoms with Gasteiger partial charge < -0.3 is 4.74 Å². The molecule has 1 N–H and O–H groups in total. The van der Waals surface area contributed by atoms with Gasteiger partial charge >= 0.3 is 5.97 Å². The Kier molecular flexibility index (Phi) is 4.95. The third-order valence-corrected chi connectivity index (χ3v) is 3.37. The van der Waals surface area contributed by atoms with Crippen LogP contribution >= 0.6 is 11.3 Å². The molecule has 2 aromatic rings. The summed E-state index contributed by atoms with van der Waals surface area (Å²) in [6.07, 6.45) is 0. The molecule has 0 radical (unpaired) electrons. The Labute approximate surface area is 127 Å². The second kappa shape index (κ2) is 6.90. The van der Waals surface area contributed by atoms with E-state index in [1.165, 1.54) is 6.07 Å². The van der Waals surface area contributed by atoms with Crippen LogP contribution in [0, 0.1) is 11.6 Å². The monoisotopic (exact) mass is 325 g/mol. The van der Waals surface area contributed by atoms with Gasteiger partial charge in [0.05, 0.1) is 4.88 Å². The zero-order chi connectivity index (χ0) is 16.1. The average Bonchev–Trinajstić information content (AvgIpc) is 2.99. The number of hydrogen-bond acceptors (Lipinski definition) is 5. The minimum absolute atomic E-state index is 0.305. The first-order chi connectivity index (χ1) is 10.5. The van der Waals surface area contributed by atoms with Gasteiger partial charge in [0.1, 0.15) is 17.2 Å². The van der Waals surface area contributed by atoms with Crippen LogP contribution in [0.5, 0.6) is 0 Å². The van der Waals surface area contributed by atoms with Crippen LogP contribution in [0.25, 0.3) is 0 Å². The summed E-state index contributed by atoms with van der Waals surface area (Å²) in [5.41, 5.74) is -0.889. The molecular weight excluding hydrogens is 316 g/mol. The van der Waals surface area contributed by atoms with Crippen molar-refractivity contribution in [3.63, 3.8) is 0 Å². The van der Waals surface area contributed by atoms with Crippen LogP contribution < -0.4 is 5.32 Å². The van der Waals surface area contributed by atoms with E-state index < -0.39 is 41.6 Å². The van der Waals surface area contributed by atoms with Crippen LogP contribution in [0.15, 0.2) is 35.7 Å². The Morgan fingerprint density at radius 2 is 1.77 bits per heavy atom. The Morgan fingerprint density at radius 1 is 1.09 bits per heavy atom. The molecule has 0 aliphatic heterocycles. The maximum atomic E-state index is 13.3. The van der Waals surface area contributed by atoms with Gasteiger partial charge in [-0.05, 0) is 23.6 Å². The van der Waals surface area contributed by atoms with Gasteiger partial charge in [0, 0.05) is 0 Å². The van der Waals surface area contributed by atoms with Gasteiger partial charge in [-0.1, -0.05) is 12.1 Å². The third kappa shape index (κ3) is 3.73. The number of carbonyl (C=O) groups is 3. The average molecular weight is 325 g/mol. The van der Waals surface area contributed by atoms with Gasteiger partial charge in [-0.15, -0.1) is 11.3 Å². The van der Waals surface area contributed by atoms with Crippen LogP contribution in [0.1, 0.15) is 20.0 Å². The van der Waals surface area contributed by atoms with E-state index >= 15 is 0 Å². The van der Waals surface area contributed by atoms with Crippen molar-refractivity contribution < 1.29 is 27.9 Å². The Bertz CT molecular complexity index is 695. The summed E-state index contributed by atoms with van der Waals surface area (Å²) in [4.78, 5) is 34.9. The minimum Gasteiger partial charge on any atom is -0.452 e. The van der Waals surface area contributed by atoms with E-state index in [1.54, 1.807) is 11.4 Å². The number of rotatable bonds is 4. The smallest absolute Gasteiger partial charge is 0.344 e. The predicted molar refractivity (Wildman–Crippen MR) is 73.4 cm³/mol. The molecule has 2 rings (SSSR count). The zero-order valence-electron chi connectivity index (χ0n) is 11.0. The van der Waals surface area contributed by atoms with Crippen molar-refractivity contribution in [3.05, 3.63) is 57.8 Å². The highest BCUT2D eigenvalue weighted by molar-refractivity contribution is 7.12. The summed E-state index contributed by atoms with van der Waals surface area (Å²) in [5.74, 6) is -5.06. The normalized spacial score (nSPS) is 10.1. The largest absolute Gasteiger partial charge is 0.452 e. The molecule has 5 nitrogen and oxygen atoms in total. The fourth-order valence-electron chi connectivity index (χ4n) is 1.53. The van der Waals surface area contributed by atoms with Crippen molar-refractivity contribution in [1.29, 1.82) is 0 Å². The molecule has 2 amide bonds. The molecule has 1 aromatic carbocycles. The molecule has 0 spiro atoms. The summed E-state index contributed by atoms with van der Waals surface area (Å²) in [5, 5.41) is 3.64. The van der Waals surface area contributed by atoms with Crippen LogP contribution in [-0.4, -0.2) is 24.4 Å². The van der Waals surface area contributed by atoms with Crippen molar-refractivity contribution in [3.8, 4) is 0 Å². The second-order valence-corrected chi connectivity index (χ2v) is 4.98. The summed E-state index contributed by atoms with van der Waals surface area (Å²) in [7, 11) is 0. The number of ether oxygens (including phenoxy) is 1. The first kappa shape index (κ1) is 15.8. The summed E-state index contributed by atoms with van der Waals surface area (Å²) < 4.78 is 31.1. The van der Waals surface area contributed by atoms with Crippen molar-refractivity contribution >= 4 is 29.1 Å². The topological polar surface area (TPSA) is 72.5 Å². The van der Waals surface area contributed by atoms with Crippen molar-refractivity contribution in [2.24, 2.45) is 0 Å². The maximum Gasteiger partial charge on any atom is 0.344 e. The van der Waals surface area contributed by atoms with Crippen LogP contribution in [-0.2, 0) is 9.53 Å². The lowest BCUT2D eigenvalue weighted by molar-refractivity contribution is -0.123. The molecular formula is C14H9F2NO4S. The van der Waals surface area contributed by atoms with Crippen LogP contribution in [0.3, 0.4) is 0 Å². The zero-order valence-corrected chi connectivity index (χ0v) is 11.8. The highest BCUT2D eigenvalue weighted by Gasteiger charge is 2.20. The third-order valence-electron chi connectivity index (χ3n) is 2.50. The molecule has 1 aromatic heterocycles. The number of halogens is 2. The minimum atomic E-state index is -1.32. The van der Waals surface area contributed by atoms with E-state index in [4.69, 9.17) is 0 Å². The number of benzene rings is 1. The molecule has 0 unspecified atom stereocenters. The molecule has 114 valence electrons. The number of imide groups is 1. The number of carbonyl (C=O) groups excluding carboxylic acids is 3. The summed E-state index contributed by atoms with van der Waals surface area (Å²) in [6, 6.07) is 6.01. The maximum absolute atomic E-state index is 13.3. The van der Waals surface area contributed by atoms with E-state index in [9.17, 15) is 23.2 Å². The number of amides is 2. The molecule has 0 saturated carbocycles. The summed E-state index contributed by atoms with van der Waals surface area (Å²) in [6.45, 7) is -0.830. The lowest BCUT2D eigenvalue weighted by Crippen LogP contribution is -2.33. The van der Waals surface area contributed by atoms with Gasteiger partial charge in [0.25, 0.3) is 11.8 Å². The fourth-order valence-corrected chi connectivity index (χ4v) is 2.15. The van der Waals surface area contributed by atoms with Gasteiger partial charge in [-0.25, -0.2) is 13.6 Å². The quantitative estimate of drug-likeness (QED) is 0.874. The number of nitrogens with one attached hydrogen (secondary N) is 1. The SMILES string of the molecule is O=C(COC(=O)c1c(F)cccc1F)NC(=O)c1cccs1. The second-order valence-electron chi connectivity index (χ2n) is 4.03. The molecule has 0 bridgehead atoms. The van der Waals surface area contributed by atoms with Gasteiger partial charge in [-0.2, -0.15) is 0 Å². The lowest BCUT2D eigenvalue weighted by atomic mass is 10.2. The number of hydrogen-bond donors (Lipinski definition) is 1. The molecule has 1 heterocycles. The molecule has 8 heteroatoms. The molecule has 0 saturated heterocycles. The molecule has 0 fully saturated rings. The highest BCUT2D eigenvalue weighted by Crippen LogP contribution is 2.13. The molecule has 0 aliphatic rings. The van der Waals surface area contributed by atoms with E-state index in [-0.39, 0.29) is 0 Å². The van der Waals surface area contributed by atoms with E-state index in [1.807, 2.05) is 5.32 Å². The fraction of sp³-hybridized carbons (Fsp3) is 0.0714. The molecule has 22 heavy (non-hydrogen) atoms. The Morgan fingerprint density at radius 3 is 2.36 bits per heavy atom. The first-order valence-electron chi connectivity index (χ1n) is 5.98. The Balaban J connectivity index is 1.91. The predicted octanol–water partition coefficient (Wildman–Crippen LogP) is 2.14. The molecule has 0 aliphatic carbocycles. The lowest BCUT2D eigenvalue weighted by Gasteiger charge is -2.06. The van der Waals surface area contributed by atoms with Crippen molar-refractivity contribution in [2.45, 2.75) is 0 Å². The first-order valence-corrected chi connectivity index (χ1v) is 6.86. The van der Waals surface area contributed by atoms with Crippen molar-refractivity contribution in [2.75, 3.05) is 6.61 Å². The Hall–Kier alpha value is -2.61. The van der Waals surface area contributed by atoms with Gasteiger partial charge in [0.15, 0.2) is 6.61 Å². The van der Waals surface area contributed by atoms with E-state index in [0.29, 0.717) is 4.88 Å². The number of thiophene rings is 1. The van der Waals surface area contributed by atoms with E-state index in [2.05, 4.69) is 4.74 Å². The van der Waals surface area contributed by atoms with Crippen LogP contribution in [0.2, 0.25) is 0 Å².